The maximum absolute atomic E-state index is 5.96. The molecule has 3 aromatic rings. The SMILES string of the molecule is Nc1csc(-c2ccc(-c3cccs3)s2)c1N. The maximum atomic E-state index is 5.96. The van der Waals surface area contributed by atoms with E-state index < -0.39 is 0 Å². The molecule has 0 fully saturated rings. The van der Waals surface area contributed by atoms with Crippen LogP contribution in [0.2, 0.25) is 0 Å². The molecule has 86 valence electrons. The number of hydrogen-bond acceptors (Lipinski definition) is 5. The minimum atomic E-state index is 0.677. The molecule has 0 aromatic carbocycles. The molecular formula is C12H10N2S3. The lowest BCUT2D eigenvalue weighted by atomic mass is 10.3. The molecular weight excluding hydrogens is 268 g/mol. The Morgan fingerprint density at radius 1 is 0.882 bits per heavy atom. The maximum Gasteiger partial charge on any atom is 0.0745 e. The smallest absolute Gasteiger partial charge is 0.0745 e. The van der Waals surface area contributed by atoms with Crippen molar-refractivity contribution in [3.05, 3.63) is 35.0 Å². The van der Waals surface area contributed by atoms with Crippen LogP contribution < -0.4 is 11.5 Å². The fraction of sp³-hybridized carbons (Fsp3) is 0. The van der Waals surface area contributed by atoms with E-state index in [1.807, 2.05) is 5.38 Å². The summed E-state index contributed by atoms with van der Waals surface area (Å²) in [4.78, 5) is 4.84. The fourth-order valence-electron chi connectivity index (χ4n) is 1.58. The Kier molecular flexibility index (Phi) is 2.66. The van der Waals surface area contributed by atoms with Gasteiger partial charge in [-0.15, -0.1) is 34.0 Å². The highest BCUT2D eigenvalue weighted by atomic mass is 32.1. The summed E-state index contributed by atoms with van der Waals surface area (Å²) in [5.41, 5.74) is 13.1. The van der Waals surface area contributed by atoms with E-state index in [2.05, 4.69) is 29.6 Å². The second-order valence-corrected chi connectivity index (χ2v) is 6.49. The number of hydrogen-bond donors (Lipinski definition) is 2. The van der Waals surface area contributed by atoms with Crippen molar-refractivity contribution in [2.75, 3.05) is 11.5 Å². The van der Waals surface area contributed by atoms with Crippen molar-refractivity contribution < 1.29 is 0 Å². The molecule has 0 spiro atoms. The first-order chi connectivity index (χ1) is 8.25. The number of nitrogens with two attached hydrogens (primary N) is 2. The van der Waals surface area contributed by atoms with Gasteiger partial charge in [0.05, 0.1) is 16.3 Å². The molecule has 0 saturated heterocycles. The van der Waals surface area contributed by atoms with Gasteiger partial charge in [0.25, 0.3) is 0 Å². The zero-order valence-corrected chi connectivity index (χ0v) is 11.3. The van der Waals surface area contributed by atoms with Gasteiger partial charge in [-0.05, 0) is 23.6 Å². The van der Waals surface area contributed by atoms with Crippen LogP contribution in [0.15, 0.2) is 35.0 Å². The predicted octanol–water partition coefficient (Wildman–Crippen LogP) is 4.37. The van der Waals surface area contributed by atoms with Crippen molar-refractivity contribution in [1.82, 2.24) is 0 Å². The molecule has 0 amide bonds. The minimum Gasteiger partial charge on any atom is -0.396 e. The van der Waals surface area contributed by atoms with Crippen LogP contribution >= 0.6 is 34.0 Å². The van der Waals surface area contributed by atoms with Crippen LogP contribution in [0.5, 0.6) is 0 Å². The lowest BCUT2D eigenvalue weighted by Crippen LogP contribution is -1.90. The summed E-state index contributed by atoms with van der Waals surface area (Å²) in [6.07, 6.45) is 0. The topological polar surface area (TPSA) is 52.0 Å². The van der Waals surface area contributed by atoms with Gasteiger partial charge in [0.1, 0.15) is 0 Å². The van der Waals surface area contributed by atoms with Crippen LogP contribution in [0.3, 0.4) is 0 Å². The van der Waals surface area contributed by atoms with Crippen LogP contribution in [0.1, 0.15) is 0 Å². The second-order valence-electron chi connectivity index (χ2n) is 3.58. The third-order valence-corrected chi connectivity index (χ3v) is 5.80. The van der Waals surface area contributed by atoms with Crippen LogP contribution in [0.4, 0.5) is 11.4 Å². The fourth-order valence-corrected chi connectivity index (χ4v) is 4.45. The van der Waals surface area contributed by atoms with E-state index >= 15 is 0 Å². The van der Waals surface area contributed by atoms with Gasteiger partial charge in [-0.1, -0.05) is 6.07 Å². The van der Waals surface area contributed by atoms with Gasteiger partial charge in [0.2, 0.25) is 0 Å². The Labute approximate surface area is 111 Å². The molecule has 5 heteroatoms. The molecule has 0 atom stereocenters. The largest absolute Gasteiger partial charge is 0.396 e. The quantitative estimate of drug-likeness (QED) is 0.731. The van der Waals surface area contributed by atoms with Gasteiger partial charge in [-0.3, -0.25) is 0 Å². The summed E-state index contributed by atoms with van der Waals surface area (Å²) in [6, 6.07) is 8.45. The summed E-state index contributed by atoms with van der Waals surface area (Å²) >= 11 is 5.11. The summed E-state index contributed by atoms with van der Waals surface area (Å²) in [5, 5.41) is 3.99. The Morgan fingerprint density at radius 2 is 1.71 bits per heavy atom. The molecule has 3 heterocycles. The standard InChI is InChI=1S/C12H10N2S3/c13-7-6-16-12(11(7)14)10-4-3-9(17-10)8-2-1-5-15-8/h1-6H,13-14H2. The molecule has 3 rings (SSSR count). The van der Waals surface area contributed by atoms with E-state index in [1.165, 1.54) is 14.6 Å². The van der Waals surface area contributed by atoms with Crippen LogP contribution in [-0.4, -0.2) is 0 Å². The Morgan fingerprint density at radius 3 is 2.35 bits per heavy atom. The average molecular weight is 278 g/mol. The van der Waals surface area contributed by atoms with Crippen molar-refractivity contribution >= 4 is 45.4 Å². The number of rotatable bonds is 2. The van der Waals surface area contributed by atoms with Crippen LogP contribution in [0, 0.1) is 0 Å². The summed E-state index contributed by atoms with van der Waals surface area (Å²) in [7, 11) is 0. The van der Waals surface area contributed by atoms with Crippen molar-refractivity contribution in [1.29, 1.82) is 0 Å². The average Bonchev–Trinajstić information content (AvgIpc) is 3.01. The third-order valence-electron chi connectivity index (χ3n) is 2.45. The van der Waals surface area contributed by atoms with Crippen LogP contribution in [-0.2, 0) is 0 Å². The molecule has 0 bridgehead atoms. The number of nitrogen functional groups attached to an aromatic ring is 2. The summed E-state index contributed by atoms with van der Waals surface area (Å²) < 4.78 is 0. The van der Waals surface area contributed by atoms with Gasteiger partial charge in [0.15, 0.2) is 0 Å². The highest BCUT2D eigenvalue weighted by molar-refractivity contribution is 7.26. The molecule has 0 aliphatic rings. The lowest BCUT2D eigenvalue weighted by Gasteiger charge is -1.95. The Hall–Kier alpha value is -1.30. The van der Waals surface area contributed by atoms with Crippen molar-refractivity contribution in [2.24, 2.45) is 0 Å². The van der Waals surface area contributed by atoms with Gasteiger partial charge in [-0.2, -0.15) is 0 Å². The van der Waals surface area contributed by atoms with Crippen LogP contribution in [0.25, 0.3) is 19.5 Å². The van der Waals surface area contributed by atoms with Crippen molar-refractivity contribution in [3.8, 4) is 19.5 Å². The van der Waals surface area contributed by atoms with Gasteiger partial charge in [-0.25, -0.2) is 0 Å². The molecule has 3 aromatic heterocycles. The van der Waals surface area contributed by atoms with E-state index in [9.17, 15) is 0 Å². The zero-order valence-electron chi connectivity index (χ0n) is 8.84. The molecule has 0 radical (unpaired) electrons. The molecule has 0 saturated carbocycles. The number of anilines is 2. The third kappa shape index (κ3) is 1.86. The van der Waals surface area contributed by atoms with E-state index in [-0.39, 0.29) is 0 Å². The summed E-state index contributed by atoms with van der Waals surface area (Å²) in [6.45, 7) is 0. The Bertz CT molecular complexity index is 635. The van der Waals surface area contributed by atoms with E-state index in [4.69, 9.17) is 11.5 Å². The summed E-state index contributed by atoms with van der Waals surface area (Å²) in [5.74, 6) is 0. The normalized spacial score (nSPS) is 10.8. The van der Waals surface area contributed by atoms with E-state index in [0.717, 1.165) is 4.88 Å². The number of thiophene rings is 3. The van der Waals surface area contributed by atoms with Gasteiger partial charge >= 0.3 is 0 Å². The molecule has 17 heavy (non-hydrogen) atoms. The van der Waals surface area contributed by atoms with Crippen molar-refractivity contribution in [2.45, 2.75) is 0 Å². The molecule has 0 aliphatic heterocycles. The molecule has 0 aliphatic carbocycles. The van der Waals surface area contributed by atoms with Gasteiger partial charge in [0, 0.05) is 20.0 Å². The minimum absolute atomic E-state index is 0.677. The molecule has 0 unspecified atom stereocenters. The first-order valence-electron chi connectivity index (χ1n) is 5.02. The first-order valence-corrected chi connectivity index (χ1v) is 7.60. The monoisotopic (exact) mass is 278 g/mol. The molecule has 4 N–H and O–H groups in total. The predicted molar refractivity (Wildman–Crippen MR) is 79.8 cm³/mol. The first kappa shape index (κ1) is 10.8. The lowest BCUT2D eigenvalue weighted by molar-refractivity contribution is 1.81. The van der Waals surface area contributed by atoms with Gasteiger partial charge < -0.3 is 11.5 Å². The highest BCUT2D eigenvalue weighted by Crippen LogP contribution is 2.43. The highest BCUT2D eigenvalue weighted by Gasteiger charge is 2.11. The van der Waals surface area contributed by atoms with Crippen molar-refractivity contribution in [3.63, 3.8) is 0 Å². The molecule has 2 nitrogen and oxygen atoms in total. The zero-order chi connectivity index (χ0) is 11.8. The Balaban J connectivity index is 2.04. The second kappa shape index (κ2) is 4.18. The van der Waals surface area contributed by atoms with E-state index in [0.29, 0.717) is 11.4 Å². The van der Waals surface area contributed by atoms with E-state index in [1.54, 1.807) is 34.0 Å².